The molecule has 3 heteroatoms. The molecular weight excluding hydrogens is 214 g/mol. The zero-order valence-corrected chi connectivity index (χ0v) is 9.58. The van der Waals surface area contributed by atoms with Crippen molar-refractivity contribution in [2.45, 2.75) is 6.42 Å². The van der Waals surface area contributed by atoms with Crippen LogP contribution in [-0.4, -0.2) is 13.6 Å². The topological polar surface area (TPSA) is 12.0 Å². The van der Waals surface area contributed by atoms with Gasteiger partial charge in [-0.3, -0.25) is 0 Å². The summed E-state index contributed by atoms with van der Waals surface area (Å²) in [5.41, 5.74) is 1.39. The van der Waals surface area contributed by atoms with E-state index in [1.807, 2.05) is 19.2 Å². The van der Waals surface area contributed by atoms with Gasteiger partial charge in [-0.1, -0.05) is 23.7 Å². The lowest BCUT2D eigenvalue weighted by Gasteiger charge is -1.98. The smallest absolute Gasteiger partial charge is 0.0584 e. The van der Waals surface area contributed by atoms with Gasteiger partial charge in [0.2, 0.25) is 0 Å². The number of rotatable bonds is 3. The molecule has 1 aromatic heterocycles. The largest absolute Gasteiger partial charge is 0.319 e. The zero-order valence-electron chi connectivity index (χ0n) is 8.01. The van der Waals surface area contributed by atoms with Crippen molar-refractivity contribution < 1.29 is 0 Å². The molecule has 0 atom stereocenters. The Morgan fingerprint density at radius 1 is 1.43 bits per heavy atom. The number of nitrogens with one attached hydrogen (secondary N) is 1. The summed E-state index contributed by atoms with van der Waals surface area (Å²) in [6.07, 6.45) is 1.07. The predicted molar refractivity (Wildman–Crippen MR) is 64.5 cm³/mol. The van der Waals surface area contributed by atoms with E-state index in [2.05, 4.69) is 16.8 Å². The quantitative estimate of drug-likeness (QED) is 0.845. The molecule has 0 aliphatic rings. The van der Waals surface area contributed by atoms with Gasteiger partial charge in [0, 0.05) is 0 Å². The van der Waals surface area contributed by atoms with Crippen LogP contribution < -0.4 is 5.32 Å². The van der Waals surface area contributed by atoms with E-state index in [4.69, 9.17) is 11.6 Å². The van der Waals surface area contributed by atoms with Gasteiger partial charge in [-0.05, 0) is 42.4 Å². The molecule has 0 bridgehead atoms. The predicted octanol–water partition coefficient (Wildman–Crippen LogP) is 3.32. The molecule has 0 saturated heterocycles. The van der Waals surface area contributed by atoms with E-state index in [0.717, 1.165) is 18.0 Å². The molecule has 1 N–H and O–H groups in total. The standard InChI is InChI=1S/C11H12ClNS/c1-13-6-5-8-7-14-11-9(8)3-2-4-10(11)12/h2-4,7,13H,5-6H2,1H3. The van der Waals surface area contributed by atoms with Gasteiger partial charge in [0.25, 0.3) is 0 Å². The monoisotopic (exact) mass is 225 g/mol. The summed E-state index contributed by atoms with van der Waals surface area (Å²) in [7, 11) is 1.97. The first-order valence-corrected chi connectivity index (χ1v) is 5.88. The maximum Gasteiger partial charge on any atom is 0.0584 e. The van der Waals surface area contributed by atoms with Crippen molar-refractivity contribution in [3.63, 3.8) is 0 Å². The maximum absolute atomic E-state index is 6.10. The third kappa shape index (κ3) is 1.78. The summed E-state index contributed by atoms with van der Waals surface area (Å²) >= 11 is 7.83. The Morgan fingerprint density at radius 2 is 2.29 bits per heavy atom. The van der Waals surface area contributed by atoms with E-state index in [9.17, 15) is 0 Å². The van der Waals surface area contributed by atoms with Crippen LogP contribution in [0.2, 0.25) is 5.02 Å². The number of benzene rings is 1. The van der Waals surface area contributed by atoms with E-state index in [0.29, 0.717) is 0 Å². The Morgan fingerprint density at radius 3 is 3.07 bits per heavy atom. The van der Waals surface area contributed by atoms with Crippen LogP contribution in [0.3, 0.4) is 0 Å². The van der Waals surface area contributed by atoms with Gasteiger partial charge in [-0.15, -0.1) is 11.3 Å². The minimum absolute atomic E-state index is 0.864. The van der Waals surface area contributed by atoms with Crippen molar-refractivity contribution in [2.75, 3.05) is 13.6 Å². The maximum atomic E-state index is 6.10. The highest BCUT2D eigenvalue weighted by Gasteiger charge is 2.05. The highest BCUT2D eigenvalue weighted by atomic mass is 35.5. The SMILES string of the molecule is CNCCc1csc2c(Cl)cccc12. The van der Waals surface area contributed by atoms with Crippen molar-refractivity contribution in [2.24, 2.45) is 0 Å². The van der Waals surface area contributed by atoms with E-state index in [1.54, 1.807) is 11.3 Å². The van der Waals surface area contributed by atoms with Gasteiger partial charge in [0.15, 0.2) is 0 Å². The van der Waals surface area contributed by atoms with Crippen molar-refractivity contribution in [1.29, 1.82) is 0 Å². The summed E-state index contributed by atoms with van der Waals surface area (Å²) in [5.74, 6) is 0. The van der Waals surface area contributed by atoms with Crippen LogP contribution in [0.1, 0.15) is 5.56 Å². The average molecular weight is 226 g/mol. The van der Waals surface area contributed by atoms with Gasteiger partial charge in [0.1, 0.15) is 0 Å². The third-order valence-corrected chi connectivity index (χ3v) is 3.78. The summed E-state index contributed by atoms with van der Waals surface area (Å²) in [6.45, 7) is 1.01. The van der Waals surface area contributed by atoms with Crippen molar-refractivity contribution >= 4 is 33.0 Å². The van der Waals surface area contributed by atoms with Gasteiger partial charge >= 0.3 is 0 Å². The first-order chi connectivity index (χ1) is 6.83. The van der Waals surface area contributed by atoms with E-state index in [-0.39, 0.29) is 0 Å². The van der Waals surface area contributed by atoms with Gasteiger partial charge < -0.3 is 5.32 Å². The molecule has 0 spiro atoms. The van der Waals surface area contributed by atoms with Crippen molar-refractivity contribution in [3.8, 4) is 0 Å². The van der Waals surface area contributed by atoms with Crippen LogP contribution in [0.15, 0.2) is 23.6 Å². The Kier molecular flexibility index (Phi) is 3.06. The van der Waals surface area contributed by atoms with Crippen molar-refractivity contribution in [3.05, 3.63) is 34.2 Å². The number of thiophene rings is 1. The number of likely N-dealkylation sites (N-methyl/N-ethyl adjacent to an activating group) is 1. The fourth-order valence-electron chi connectivity index (χ4n) is 1.53. The second kappa shape index (κ2) is 4.30. The summed E-state index contributed by atoms with van der Waals surface area (Å²) in [6, 6.07) is 6.10. The molecule has 1 nitrogen and oxygen atoms in total. The van der Waals surface area contributed by atoms with Gasteiger partial charge in [0.05, 0.1) is 9.72 Å². The molecule has 1 aromatic carbocycles. The minimum atomic E-state index is 0.864. The first-order valence-electron chi connectivity index (χ1n) is 4.62. The normalized spacial score (nSPS) is 11.0. The lowest BCUT2D eigenvalue weighted by molar-refractivity contribution is 0.796. The van der Waals surface area contributed by atoms with Crippen LogP contribution in [0.25, 0.3) is 10.1 Å². The molecule has 0 unspecified atom stereocenters. The van der Waals surface area contributed by atoms with E-state index < -0.39 is 0 Å². The van der Waals surface area contributed by atoms with Gasteiger partial charge in [-0.25, -0.2) is 0 Å². The molecule has 0 radical (unpaired) electrons. The molecule has 0 aliphatic heterocycles. The van der Waals surface area contributed by atoms with Crippen LogP contribution in [0.4, 0.5) is 0 Å². The second-order valence-electron chi connectivity index (χ2n) is 3.23. The van der Waals surface area contributed by atoms with Crippen LogP contribution >= 0.6 is 22.9 Å². The Labute approximate surface area is 92.7 Å². The molecule has 0 amide bonds. The lowest BCUT2D eigenvalue weighted by Crippen LogP contribution is -2.09. The second-order valence-corrected chi connectivity index (χ2v) is 4.52. The van der Waals surface area contributed by atoms with Crippen LogP contribution in [0.5, 0.6) is 0 Å². The fraction of sp³-hybridized carbons (Fsp3) is 0.273. The fourth-order valence-corrected chi connectivity index (χ4v) is 2.85. The molecule has 0 saturated carbocycles. The van der Waals surface area contributed by atoms with E-state index in [1.165, 1.54) is 15.6 Å². The summed E-state index contributed by atoms with van der Waals surface area (Å²) in [5, 5.41) is 7.53. The average Bonchev–Trinajstić information content (AvgIpc) is 2.60. The highest BCUT2D eigenvalue weighted by molar-refractivity contribution is 7.18. The third-order valence-electron chi connectivity index (χ3n) is 2.28. The first kappa shape index (κ1) is 9.97. The summed E-state index contributed by atoms with van der Waals surface area (Å²) < 4.78 is 1.21. The highest BCUT2D eigenvalue weighted by Crippen LogP contribution is 2.31. The Balaban J connectivity index is 2.42. The lowest BCUT2D eigenvalue weighted by atomic mass is 10.1. The number of hydrogen-bond donors (Lipinski definition) is 1. The van der Waals surface area contributed by atoms with Gasteiger partial charge in [-0.2, -0.15) is 0 Å². The number of fused-ring (bicyclic) bond motifs is 1. The number of halogens is 1. The zero-order chi connectivity index (χ0) is 9.97. The Hall–Kier alpha value is -0.570. The molecule has 1 heterocycles. The molecule has 0 aliphatic carbocycles. The molecule has 2 aromatic rings. The summed E-state index contributed by atoms with van der Waals surface area (Å²) in [4.78, 5) is 0. The van der Waals surface area contributed by atoms with Crippen molar-refractivity contribution in [1.82, 2.24) is 5.32 Å². The van der Waals surface area contributed by atoms with Crippen LogP contribution in [0, 0.1) is 0 Å². The molecule has 14 heavy (non-hydrogen) atoms. The number of hydrogen-bond acceptors (Lipinski definition) is 2. The Bertz CT molecular complexity index is 436. The molecule has 74 valence electrons. The molecule has 0 fully saturated rings. The van der Waals surface area contributed by atoms with E-state index >= 15 is 0 Å². The van der Waals surface area contributed by atoms with Crippen LogP contribution in [-0.2, 0) is 6.42 Å². The molecular formula is C11H12ClNS. The molecule has 2 rings (SSSR count). The minimum Gasteiger partial charge on any atom is -0.319 e.